The van der Waals surface area contributed by atoms with Gasteiger partial charge in [0.25, 0.3) is 0 Å². The number of hydrazine groups is 1. The van der Waals surface area contributed by atoms with E-state index in [0.29, 0.717) is 0 Å². The van der Waals surface area contributed by atoms with Crippen LogP contribution < -0.4 is 21.3 Å². The summed E-state index contributed by atoms with van der Waals surface area (Å²) in [5.41, 5.74) is 1.61. The van der Waals surface area contributed by atoms with Crippen LogP contribution in [0, 0.1) is 0 Å². The summed E-state index contributed by atoms with van der Waals surface area (Å²) in [6.07, 6.45) is 0. The molecular formula is C5H12N4O4S. The maximum absolute atomic E-state index is 10.8. The lowest BCUT2D eigenvalue weighted by atomic mass is 10.5. The molecule has 0 bridgehead atoms. The van der Waals surface area contributed by atoms with Crippen LogP contribution in [0.2, 0.25) is 0 Å². The Morgan fingerprint density at radius 1 is 1.29 bits per heavy atom. The maximum atomic E-state index is 10.8. The molecule has 0 radical (unpaired) electrons. The highest BCUT2D eigenvalue weighted by Gasteiger charge is 2.12. The molecule has 0 heterocycles. The van der Waals surface area contributed by atoms with Gasteiger partial charge in [-0.3, -0.25) is 15.0 Å². The smallest absolute Gasteiger partial charge is 0.323 e. The summed E-state index contributed by atoms with van der Waals surface area (Å²) in [6.45, 7) is -0.157. The summed E-state index contributed by atoms with van der Waals surface area (Å²) in [5.74, 6) is 2.37. The molecule has 0 spiro atoms. The molecule has 2 amide bonds. The van der Waals surface area contributed by atoms with E-state index in [1.165, 1.54) is 7.05 Å². The van der Waals surface area contributed by atoms with Crippen LogP contribution in [0.4, 0.5) is 0 Å². The first kappa shape index (κ1) is 12.8. The number of amides is 2. The van der Waals surface area contributed by atoms with Crippen LogP contribution in [0.1, 0.15) is 0 Å². The molecule has 14 heavy (non-hydrogen) atoms. The van der Waals surface area contributed by atoms with Crippen molar-refractivity contribution in [3.05, 3.63) is 0 Å². The molecule has 0 fully saturated rings. The molecule has 0 atom stereocenters. The van der Waals surface area contributed by atoms with Crippen molar-refractivity contribution in [1.29, 1.82) is 0 Å². The van der Waals surface area contributed by atoms with Gasteiger partial charge in [0.15, 0.2) is 0 Å². The van der Waals surface area contributed by atoms with Crippen LogP contribution in [0.5, 0.6) is 0 Å². The third-order valence-electron chi connectivity index (χ3n) is 1.30. The Kier molecular flexibility index (Phi) is 5.05. The first-order valence-electron chi connectivity index (χ1n) is 3.63. The molecule has 0 rings (SSSR count). The van der Waals surface area contributed by atoms with E-state index in [2.05, 4.69) is 15.9 Å². The number of nitrogens with two attached hydrogens (primary N) is 1. The highest BCUT2D eigenvalue weighted by Crippen LogP contribution is 1.79. The van der Waals surface area contributed by atoms with Crippen molar-refractivity contribution in [3.8, 4) is 0 Å². The van der Waals surface area contributed by atoms with Gasteiger partial charge in [0.05, 0.1) is 5.75 Å². The van der Waals surface area contributed by atoms with Crippen molar-refractivity contribution in [2.24, 2.45) is 5.84 Å². The average Bonchev–Trinajstić information content (AvgIpc) is 2.16. The number of hydrogen-bond acceptors (Lipinski definition) is 5. The molecule has 0 aliphatic rings. The second-order valence-corrected chi connectivity index (χ2v) is 4.30. The number of sulfonamides is 1. The molecule has 0 unspecified atom stereocenters. The van der Waals surface area contributed by atoms with Crippen molar-refractivity contribution >= 4 is 21.8 Å². The minimum absolute atomic E-state index is 0.157. The average molecular weight is 224 g/mol. The quantitative estimate of drug-likeness (QED) is 0.171. The molecule has 0 saturated carbocycles. The Balaban J connectivity index is 3.87. The molecule has 0 aromatic heterocycles. The van der Waals surface area contributed by atoms with E-state index in [1.54, 1.807) is 5.43 Å². The van der Waals surface area contributed by atoms with E-state index in [-0.39, 0.29) is 12.3 Å². The molecule has 0 aliphatic carbocycles. The largest absolute Gasteiger partial charge is 0.347 e. The summed E-state index contributed by atoms with van der Waals surface area (Å²) in [6, 6.07) is 0. The Hall–Kier alpha value is -1.19. The number of rotatable bonds is 4. The molecule has 0 saturated heterocycles. The standard InChI is InChI=1S/C5H12N4O4S/c1-7-14(12,13)3-2-8-4(10)5(11)9-6/h7H,2-3,6H2,1H3,(H,8,10)(H,9,11). The lowest BCUT2D eigenvalue weighted by Crippen LogP contribution is -2.44. The molecule has 9 heteroatoms. The predicted molar refractivity (Wildman–Crippen MR) is 48.2 cm³/mol. The van der Waals surface area contributed by atoms with Crippen molar-refractivity contribution in [3.63, 3.8) is 0 Å². The van der Waals surface area contributed by atoms with E-state index in [0.717, 1.165) is 0 Å². The van der Waals surface area contributed by atoms with Crippen molar-refractivity contribution < 1.29 is 18.0 Å². The fourth-order valence-electron chi connectivity index (χ4n) is 0.547. The molecule has 0 aromatic carbocycles. The third kappa shape index (κ3) is 4.74. The number of hydrogen-bond donors (Lipinski definition) is 4. The van der Waals surface area contributed by atoms with Gasteiger partial charge in [-0.2, -0.15) is 0 Å². The highest BCUT2D eigenvalue weighted by atomic mass is 32.2. The SMILES string of the molecule is CNS(=O)(=O)CCNC(=O)C(=O)NN. The van der Waals surface area contributed by atoms with Crippen LogP contribution in [0.15, 0.2) is 0 Å². The van der Waals surface area contributed by atoms with Gasteiger partial charge in [0.1, 0.15) is 0 Å². The van der Waals surface area contributed by atoms with E-state index in [1.807, 2.05) is 0 Å². The van der Waals surface area contributed by atoms with Gasteiger partial charge in [-0.25, -0.2) is 19.0 Å². The zero-order chi connectivity index (χ0) is 11.2. The first-order chi connectivity index (χ1) is 6.43. The number of carbonyl (C=O) groups is 2. The normalized spacial score (nSPS) is 10.7. The minimum atomic E-state index is -3.38. The molecular weight excluding hydrogens is 212 g/mol. The monoisotopic (exact) mass is 224 g/mol. The Morgan fingerprint density at radius 3 is 2.29 bits per heavy atom. The van der Waals surface area contributed by atoms with Crippen molar-refractivity contribution in [2.75, 3.05) is 19.3 Å². The Morgan fingerprint density at radius 2 is 1.86 bits per heavy atom. The van der Waals surface area contributed by atoms with Gasteiger partial charge in [-0.15, -0.1) is 0 Å². The number of carbonyl (C=O) groups excluding carboxylic acids is 2. The summed E-state index contributed by atoms with van der Waals surface area (Å²) >= 11 is 0. The minimum Gasteiger partial charge on any atom is -0.347 e. The second-order valence-electron chi connectivity index (χ2n) is 2.25. The summed E-state index contributed by atoms with van der Waals surface area (Å²) in [5, 5.41) is 2.07. The van der Waals surface area contributed by atoms with Crippen LogP contribution in [-0.4, -0.2) is 39.6 Å². The van der Waals surface area contributed by atoms with Crippen LogP contribution in [-0.2, 0) is 19.6 Å². The topological polar surface area (TPSA) is 130 Å². The Bertz CT molecular complexity index is 312. The predicted octanol–water partition coefficient (Wildman–Crippen LogP) is -3.36. The van der Waals surface area contributed by atoms with Crippen molar-refractivity contribution in [1.82, 2.24) is 15.5 Å². The zero-order valence-electron chi connectivity index (χ0n) is 7.53. The van der Waals surface area contributed by atoms with Gasteiger partial charge < -0.3 is 5.32 Å². The van der Waals surface area contributed by atoms with Gasteiger partial charge >= 0.3 is 11.8 Å². The van der Waals surface area contributed by atoms with Gasteiger partial charge in [-0.1, -0.05) is 0 Å². The van der Waals surface area contributed by atoms with Crippen LogP contribution in [0.25, 0.3) is 0 Å². The summed E-state index contributed by atoms with van der Waals surface area (Å²) < 4.78 is 23.7. The molecule has 8 nitrogen and oxygen atoms in total. The summed E-state index contributed by atoms with van der Waals surface area (Å²) in [4.78, 5) is 21.3. The molecule has 5 N–H and O–H groups in total. The van der Waals surface area contributed by atoms with Crippen LogP contribution >= 0.6 is 0 Å². The molecule has 0 aromatic rings. The molecule has 0 aliphatic heterocycles. The van der Waals surface area contributed by atoms with Crippen molar-refractivity contribution in [2.45, 2.75) is 0 Å². The zero-order valence-corrected chi connectivity index (χ0v) is 8.35. The lowest BCUT2D eigenvalue weighted by Gasteiger charge is -2.03. The fraction of sp³-hybridized carbons (Fsp3) is 0.600. The lowest BCUT2D eigenvalue weighted by molar-refractivity contribution is -0.139. The Labute approximate surface area is 81.2 Å². The highest BCUT2D eigenvalue weighted by molar-refractivity contribution is 7.89. The van der Waals surface area contributed by atoms with Crippen LogP contribution in [0.3, 0.4) is 0 Å². The second kappa shape index (κ2) is 5.52. The van der Waals surface area contributed by atoms with E-state index >= 15 is 0 Å². The summed E-state index contributed by atoms with van der Waals surface area (Å²) in [7, 11) is -2.12. The molecule has 82 valence electrons. The number of nitrogens with one attached hydrogen (secondary N) is 3. The van der Waals surface area contributed by atoms with Gasteiger partial charge in [0, 0.05) is 6.54 Å². The first-order valence-corrected chi connectivity index (χ1v) is 5.28. The third-order valence-corrected chi connectivity index (χ3v) is 2.67. The van der Waals surface area contributed by atoms with Gasteiger partial charge in [0.2, 0.25) is 10.0 Å². The van der Waals surface area contributed by atoms with Gasteiger partial charge in [-0.05, 0) is 7.05 Å². The van der Waals surface area contributed by atoms with E-state index in [9.17, 15) is 18.0 Å². The van der Waals surface area contributed by atoms with E-state index in [4.69, 9.17) is 0 Å². The maximum Gasteiger partial charge on any atom is 0.323 e. The fourth-order valence-corrected chi connectivity index (χ4v) is 1.12. The van der Waals surface area contributed by atoms with E-state index < -0.39 is 21.8 Å².